The molecule has 0 bridgehead atoms. The first-order valence-electron chi connectivity index (χ1n) is 7.29. The molecule has 1 aliphatic rings. The van der Waals surface area contributed by atoms with E-state index < -0.39 is 5.54 Å². The Morgan fingerprint density at radius 3 is 2.95 bits per heavy atom. The van der Waals surface area contributed by atoms with Crippen LogP contribution in [-0.4, -0.2) is 39.4 Å². The van der Waals surface area contributed by atoms with Crippen molar-refractivity contribution >= 4 is 23.1 Å². The third kappa shape index (κ3) is 2.45. The fraction of sp³-hybridized carbons (Fsp3) is 0.467. The maximum Gasteiger partial charge on any atom is 0.266 e. The van der Waals surface area contributed by atoms with Crippen molar-refractivity contribution in [2.24, 2.45) is 0 Å². The zero-order chi connectivity index (χ0) is 15.7. The van der Waals surface area contributed by atoms with Crippen molar-refractivity contribution in [1.82, 2.24) is 19.9 Å². The first-order chi connectivity index (χ1) is 10.5. The molecule has 3 heterocycles. The van der Waals surface area contributed by atoms with Gasteiger partial charge < -0.3 is 10.2 Å². The number of aromatic nitrogens is 3. The van der Waals surface area contributed by atoms with Crippen LogP contribution >= 0.6 is 11.3 Å². The van der Waals surface area contributed by atoms with E-state index in [0.717, 1.165) is 30.9 Å². The highest BCUT2D eigenvalue weighted by molar-refractivity contribution is 7.11. The van der Waals surface area contributed by atoms with Gasteiger partial charge in [0.15, 0.2) is 5.82 Å². The molecule has 1 amide bonds. The minimum Gasteiger partial charge on any atom is -0.373 e. The summed E-state index contributed by atoms with van der Waals surface area (Å²) in [6.45, 7) is 4.71. The van der Waals surface area contributed by atoms with Crippen molar-refractivity contribution in [3.8, 4) is 0 Å². The number of rotatable bonds is 3. The largest absolute Gasteiger partial charge is 0.373 e. The smallest absolute Gasteiger partial charge is 0.266 e. The number of nitrogens with one attached hydrogen (secondary N) is 1. The molecule has 1 atom stereocenters. The molecule has 0 aromatic carbocycles. The summed E-state index contributed by atoms with van der Waals surface area (Å²) in [5, 5.41) is 3.06. The molecule has 0 saturated carbocycles. The number of carbonyl (C=O) groups is 1. The van der Waals surface area contributed by atoms with Gasteiger partial charge in [-0.2, -0.15) is 0 Å². The summed E-state index contributed by atoms with van der Waals surface area (Å²) in [6.07, 6.45) is 3.44. The summed E-state index contributed by atoms with van der Waals surface area (Å²) in [5.74, 6) is 1.49. The zero-order valence-electron chi connectivity index (χ0n) is 13.0. The lowest BCUT2D eigenvalue weighted by molar-refractivity contribution is 0.0608. The Bertz CT molecular complexity index is 687. The van der Waals surface area contributed by atoms with Crippen molar-refractivity contribution in [2.75, 3.05) is 18.9 Å². The molecular weight excluding hydrogens is 298 g/mol. The molecule has 2 aromatic heterocycles. The molecule has 0 unspecified atom stereocenters. The van der Waals surface area contributed by atoms with E-state index in [1.165, 1.54) is 11.3 Å². The Morgan fingerprint density at radius 2 is 2.27 bits per heavy atom. The minimum atomic E-state index is -0.474. The highest BCUT2D eigenvalue weighted by Gasteiger charge is 2.44. The molecule has 1 aliphatic heterocycles. The molecular formula is C15H19N5OS. The van der Waals surface area contributed by atoms with Crippen molar-refractivity contribution in [2.45, 2.75) is 32.2 Å². The Kier molecular flexibility index (Phi) is 3.82. The highest BCUT2D eigenvalue weighted by Crippen LogP contribution is 2.38. The predicted molar refractivity (Wildman–Crippen MR) is 86.1 cm³/mol. The third-order valence-electron chi connectivity index (χ3n) is 4.12. The SMILES string of the molecule is CNc1cc(C)nc([C@]2(C)CCCN2C(=O)c2cncs2)n1. The second-order valence-electron chi connectivity index (χ2n) is 5.67. The molecule has 116 valence electrons. The van der Waals surface area contributed by atoms with E-state index in [4.69, 9.17) is 0 Å². The summed E-state index contributed by atoms with van der Waals surface area (Å²) >= 11 is 1.37. The molecule has 0 radical (unpaired) electrons. The van der Waals surface area contributed by atoms with Crippen LogP contribution < -0.4 is 5.32 Å². The van der Waals surface area contributed by atoms with Gasteiger partial charge in [-0.3, -0.25) is 9.78 Å². The standard InChI is InChI=1S/C15H19N5OS/c1-10-7-12(16-3)19-14(18-10)15(2)5-4-6-20(15)13(21)11-8-17-9-22-11/h7-9H,4-6H2,1-3H3,(H,16,18,19)/t15-/m0/s1. The lowest BCUT2D eigenvalue weighted by Crippen LogP contribution is -2.44. The van der Waals surface area contributed by atoms with E-state index in [1.54, 1.807) is 11.7 Å². The van der Waals surface area contributed by atoms with Crippen molar-refractivity contribution in [3.05, 3.63) is 34.2 Å². The number of hydrogen-bond donors (Lipinski definition) is 1. The Hall–Kier alpha value is -2.02. The average Bonchev–Trinajstić information content (AvgIpc) is 3.16. The van der Waals surface area contributed by atoms with Gasteiger partial charge in [-0.1, -0.05) is 0 Å². The lowest BCUT2D eigenvalue weighted by Gasteiger charge is -2.33. The van der Waals surface area contributed by atoms with Crippen LogP contribution in [0.1, 0.15) is 41.0 Å². The number of amides is 1. The fourth-order valence-electron chi connectivity index (χ4n) is 2.91. The minimum absolute atomic E-state index is 0.0126. The van der Waals surface area contributed by atoms with Crippen LogP contribution in [0.5, 0.6) is 0 Å². The second kappa shape index (κ2) is 5.64. The molecule has 7 heteroatoms. The van der Waals surface area contributed by atoms with Gasteiger partial charge in [0.1, 0.15) is 16.2 Å². The second-order valence-corrected chi connectivity index (χ2v) is 6.55. The first-order valence-corrected chi connectivity index (χ1v) is 8.17. The van der Waals surface area contributed by atoms with Crippen LogP contribution in [0.4, 0.5) is 5.82 Å². The van der Waals surface area contributed by atoms with Gasteiger partial charge in [0, 0.05) is 25.4 Å². The summed E-state index contributed by atoms with van der Waals surface area (Å²) < 4.78 is 0. The number of aryl methyl sites for hydroxylation is 1. The molecule has 3 rings (SSSR count). The molecule has 22 heavy (non-hydrogen) atoms. The van der Waals surface area contributed by atoms with E-state index >= 15 is 0 Å². The lowest BCUT2D eigenvalue weighted by atomic mass is 9.97. The number of likely N-dealkylation sites (tertiary alicyclic amines) is 1. The molecule has 1 fully saturated rings. The van der Waals surface area contributed by atoms with Gasteiger partial charge in [-0.15, -0.1) is 11.3 Å². The van der Waals surface area contributed by atoms with Gasteiger partial charge >= 0.3 is 0 Å². The van der Waals surface area contributed by atoms with Gasteiger partial charge in [-0.25, -0.2) is 9.97 Å². The maximum atomic E-state index is 12.8. The predicted octanol–water partition coefficient (Wildman–Crippen LogP) is 2.43. The normalized spacial score (nSPS) is 21.1. The van der Waals surface area contributed by atoms with Gasteiger partial charge in [0.2, 0.25) is 0 Å². The average molecular weight is 317 g/mol. The first kappa shape index (κ1) is 14.9. The van der Waals surface area contributed by atoms with Crippen molar-refractivity contribution in [1.29, 1.82) is 0 Å². The van der Waals surface area contributed by atoms with E-state index in [-0.39, 0.29) is 5.91 Å². The van der Waals surface area contributed by atoms with Crippen molar-refractivity contribution in [3.63, 3.8) is 0 Å². The molecule has 6 nitrogen and oxygen atoms in total. The topological polar surface area (TPSA) is 71.0 Å². The molecule has 1 N–H and O–H groups in total. The van der Waals surface area contributed by atoms with E-state index in [1.807, 2.05) is 31.9 Å². The monoisotopic (exact) mass is 317 g/mol. The number of carbonyl (C=O) groups excluding carboxylic acids is 1. The van der Waals surface area contributed by atoms with Crippen LogP contribution in [0.25, 0.3) is 0 Å². The summed E-state index contributed by atoms with van der Waals surface area (Å²) in [4.78, 5) is 28.5. The Morgan fingerprint density at radius 1 is 1.45 bits per heavy atom. The highest BCUT2D eigenvalue weighted by atomic mass is 32.1. The molecule has 0 aliphatic carbocycles. The number of nitrogens with zero attached hydrogens (tertiary/aromatic N) is 4. The van der Waals surface area contributed by atoms with Gasteiger partial charge in [0.05, 0.1) is 11.7 Å². The van der Waals surface area contributed by atoms with Crippen LogP contribution in [0, 0.1) is 6.92 Å². The molecule has 1 saturated heterocycles. The van der Waals surface area contributed by atoms with Crippen LogP contribution in [0.2, 0.25) is 0 Å². The maximum absolute atomic E-state index is 12.8. The quantitative estimate of drug-likeness (QED) is 0.941. The molecule has 2 aromatic rings. The summed E-state index contributed by atoms with van der Waals surface area (Å²) in [6, 6.07) is 1.90. The van der Waals surface area contributed by atoms with E-state index in [0.29, 0.717) is 10.7 Å². The van der Waals surface area contributed by atoms with Gasteiger partial charge in [0.25, 0.3) is 5.91 Å². The van der Waals surface area contributed by atoms with Crippen molar-refractivity contribution < 1.29 is 4.79 Å². The third-order valence-corrected chi connectivity index (χ3v) is 4.88. The Balaban J connectivity index is 2.00. The molecule has 0 spiro atoms. The zero-order valence-corrected chi connectivity index (χ0v) is 13.8. The van der Waals surface area contributed by atoms with Crippen LogP contribution in [0.15, 0.2) is 17.8 Å². The van der Waals surface area contributed by atoms with Gasteiger partial charge in [-0.05, 0) is 26.7 Å². The number of thiazole rings is 1. The van der Waals surface area contributed by atoms with E-state index in [9.17, 15) is 4.79 Å². The summed E-state index contributed by atoms with van der Waals surface area (Å²) in [5.41, 5.74) is 2.11. The summed E-state index contributed by atoms with van der Waals surface area (Å²) in [7, 11) is 1.84. The Labute approximate surface area is 133 Å². The van der Waals surface area contributed by atoms with Crippen LogP contribution in [0.3, 0.4) is 0 Å². The van der Waals surface area contributed by atoms with Crippen LogP contribution in [-0.2, 0) is 5.54 Å². The van der Waals surface area contributed by atoms with E-state index in [2.05, 4.69) is 20.3 Å². The fourth-order valence-corrected chi connectivity index (χ4v) is 3.48. The number of anilines is 1. The number of hydrogen-bond acceptors (Lipinski definition) is 6.